The van der Waals surface area contributed by atoms with Crippen molar-refractivity contribution in [2.75, 3.05) is 10.6 Å². The quantitative estimate of drug-likeness (QED) is 0.698. The zero-order valence-electron chi connectivity index (χ0n) is 14.0. The van der Waals surface area contributed by atoms with Crippen LogP contribution in [-0.4, -0.2) is 16.8 Å². The number of nitrogens with one attached hydrogen (secondary N) is 2. The number of hydrogen-bond acceptors (Lipinski definition) is 5. The zero-order valence-corrected chi connectivity index (χ0v) is 15.7. The van der Waals surface area contributed by atoms with Crippen LogP contribution in [0.3, 0.4) is 0 Å². The van der Waals surface area contributed by atoms with E-state index in [1.165, 1.54) is 18.3 Å². The molecule has 0 unspecified atom stereocenters. The van der Waals surface area contributed by atoms with Crippen molar-refractivity contribution in [3.05, 3.63) is 51.0 Å². The minimum atomic E-state index is -0.135. The molecule has 0 radical (unpaired) electrons. The van der Waals surface area contributed by atoms with Crippen molar-refractivity contribution < 1.29 is 9.59 Å². The van der Waals surface area contributed by atoms with Gasteiger partial charge in [-0.3, -0.25) is 14.9 Å². The Labute approximate surface area is 153 Å². The van der Waals surface area contributed by atoms with E-state index >= 15 is 0 Å². The molecule has 0 aliphatic rings. The van der Waals surface area contributed by atoms with Crippen LogP contribution in [0.5, 0.6) is 0 Å². The molecule has 7 heteroatoms. The summed E-state index contributed by atoms with van der Waals surface area (Å²) in [5, 5.41) is 8.05. The molecule has 2 N–H and O–H groups in total. The molecule has 0 spiro atoms. The van der Waals surface area contributed by atoms with Gasteiger partial charge in [0, 0.05) is 33.3 Å². The summed E-state index contributed by atoms with van der Waals surface area (Å²) in [6, 6.07) is 9.32. The van der Waals surface area contributed by atoms with Gasteiger partial charge in [0.1, 0.15) is 0 Å². The smallest absolute Gasteiger partial charge is 0.258 e. The lowest BCUT2D eigenvalue weighted by molar-refractivity contribution is -0.114. The van der Waals surface area contributed by atoms with E-state index in [-0.39, 0.29) is 11.8 Å². The van der Waals surface area contributed by atoms with Crippen molar-refractivity contribution in [1.82, 2.24) is 4.98 Å². The van der Waals surface area contributed by atoms with Crippen molar-refractivity contribution in [3.63, 3.8) is 0 Å². The van der Waals surface area contributed by atoms with E-state index in [0.717, 1.165) is 26.7 Å². The third-order valence-electron chi connectivity index (χ3n) is 3.51. The van der Waals surface area contributed by atoms with Crippen molar-refractivity contribution in [1.29, 1.82) is 0 Å². The van der Waals surface area contributed by atoms with Crippen LogP contribution >= 0.6 is 22.7 Å². The molecule has 2 heterocycles. The average Bonchev–Trinajstić information content (AvgIpc) is 3.14. The van der Waals surface area contributed by atoms with Crippen LogP contribution in [0.25, 0.3) is 11.3 Å². The fourth-order valence-electron chi connectivity index (χ4n) is 2.41. The van der Waals surface area contributed by atoms with E-state index in [0.29, 0.717) is 10.7 Å². The van der Waals surface area contributed by atoms with Gasteiger partial charge in [-0.25, -0.2) is 4.98 Å². The van der Waals surface area contributed by atoms with Crippen LogP contribution in [0.15, 0.2) is 35.7 Å². The fraction of sp³-hybridized carbons (Fsp3) is 0.167. The van der Waals surface area contributed by atoms with Crippen molar-refractivity contribution in [2.45, 2.75) is 20.8 Å². The molecule has 0 saturated carbocycles. The number of benzene rings is 1. The van der Waals surface area contributed by atoms with E-state index in [1.807, 2.05) is 49.6 Å². The first-order valence-corrected chi connectivity index (χ1v) is 9.34. The molecular weight excluding hydrogens is 354 g/mol. The summed E-state index contributed by atoms with van der Waals surface area (Å²) in [5.41, 5.74) is 3.14. The minimum Gasteiger partial charge on any atom is -0.326 e. The number of amides is 2. The SMILES string of the molecule is CC(=O)Nc1ccc(-c2csc(NC(=O)c3cc(C)sc3C)n2)cc1. The van der Waals surface area contributed by atoms with Gasteiger partial charge in [-0.15, -0.1) is 22.7 Å². The van der Waals surface area contributed by atoms with Crippen LogP contribution in [-0.2, 0) is 4.79 Å². The van der Waals surface area contributed by atoms with Crippen molar-refractivity contribution in [2.24, 2.45) is 0 Å². The Kier molecular flexibility index (Phi) is 4.96. The molecule has 0 aliphatic heterocycles. The normalized spacial score (nSPS) is 10.5. The molecule has 5 nitrogen and oxygen atoms in total. The van der Waals surface area contributed by atoms with E-state index in [1.54, 1.807) is 11.3 Å². The standard InChI is InChI=1S/C18H17N3O2S2/c1-10-8-15(11(2)25-10)17(23)21-18-20-16(9-24-18)13-4-6-14(7-5-13)19-12(3)22/h4-9H,1-3H3,(H,19,22)(H,20,21,23). The van der Waals surface area contributed by atoms with E-state index < -0.39 is 0 Å². The number of aryl methyl sites for hydroxylation is 2. The Balaban J connectivity index is 1.73. The molecule has 0 saturated heterocycles. The second kappa shape index (κ2) is 7.16. The predicted molar refractivity (Wildman–Crippen MR) is 104 cm³/mol. The molecule has 2 amide bonds. The third-order valence-corrected chi connectivity index (χ3v) is 5.23. The first-order chi connectivity index (χ1) is 11.9. The topological polar surface area (TPSA) is 71.1 Å². The van der Waals surface area contributed by atoms with Crippen molar-refractivity contribution in [3.8, 4) is 11.3 Å². The maximum Gasteiger partial charge on any atom is 0.258 e. The molecule has 3 aromatic rings. The average molecular weight is 371 g/mol. The molecule has 0 bridgehead atoms. The fourth-order valence-corrected chi connectivity index (χ4v) is 4.05. The summed E-state index contributed by atoms with van der Waals surface area (Å²) in [4.78, 5) is 30.0. The molecule has 128 valence electrons. The Hall–Kier alpha value is -2.51. The maximum atomic E-state index is 12.4. The van der Waals surface area contributed by atoms with E-state index in [2.05, 4.69) is 15.6 Å². The van der Waals surface area contributed by atoms with Gasteiger partial charge in [-0.05, 0) is 32.0 Å². The first kappa shape index (κ1) is 17.3. The molecule has 1 aromatic carbocycles. The Bertz CT molecular complexity index is 926. The van der Waals surface area contributed by atoms with Crippen molar-refractivity contribution >= 4 is 45.3 Å². The van der Waals surface area contributed by atoms with Gasteiger partial charge < -0.3 is 5.32 Å². The lowest BCUT2D eigenvalue weighted by Crippen LogP contribution is -2.11. The lowest BCUT2D eigenvalue weighted by Gasteiger charge is -2.03. The highest BCUT2D eigenvalue weighted by molar-refractivity contribution is 7.14. The number of anilines is 2. The monoisotopic (exact) mass is 371 g/mol. The molecule has 2 aromatic heterocycles. The van der Waals surface area contributed by atoms with Gasteiger partial charge >= 0.3 is 0 Å². The maximum absolute atomic E-state index is 12.4. The second-order valence-electron chi connectivity index (χ2n) is 5.58. The second-order valence-corrected chi connectivity index (χ2v) is 7.90. The van der Waals surface area contributed by atoms with Crippen LogP contribution < -0.4 is 10.6 Å². The summed E-state index contributed by atoms with van der Waals surface area (Å²) in [6.45, 7) is 5.40. The van der Waals surface area contributed by atoms with Gasteiger partial charge in [0.15, 0.2) is 5.13 Å². The van der Waals surface area contributed by atoms with Gasteiger partial charge in [0.05, 0.1) is 11.3 Å². The number of rotatable bonds is 4. The summed E-state index contributed by atoms with van der Waals surface area (Å²) < 4.78 is 0. The molecule has 0 atom stereocenters. The van der Waals surface area contributed by atoms with E-state index in [9.17, 15) is 9.59 Å². The van der Waals surface area contributed by atoms with Crippen LogP contribution in [0, 0.1) is 13.8 Å². The van der Waals surface area contributed by atoms with Gasteiger partial charge in [-0.2, -0.15) is 0 Å². The third kappa shape index (κ3) is 4.12. The lowest BCUT2D eigenvalue weighted by atomic mass is 10.1. The Morgan fingerprint density at radius 1 is 1.08 bits per heavy atom. The number of thiophene rings is 1. The van der Waals surface area contributed by atoms with E-state index in [4.69, 9.17) is 0 Å². The minimum absolute atomic E-state index is 0.106. The van der Waals surface area contributed by atoms with Crippen LogP contribution in [0.4, 0.5) is 10.8 Å². The zero-order chi connectivity index (χ0) is 18.0. The number of carbonyl (C=O) groups excluding carboxylic acids is 2. The summed E-state index contributed by atoms with van der Waals surface area (Å²) >= 11 is 2.99. The number of hydrogen-bond donors (Lipinski definition) is 2. The van der Waals surface area contributed by atoms with Gasteiger partial charge in [0.2, 0.25) is 5.91 Å². The highest BCUT2D eigenvalue weighted by atomic mass is 32.1. The summed E-state index contributed by atoms with van der Waals surface area (Å²) in [5.74, 6) is -0.242. The predicted octanol–water partition coefficient (Wildman–Crippen LogP) is 4.70. The number of thiazole rings is 1. The summed E-state index contributed by atoms with van der Waals surface area (Å²) in [7, 11) is 0. The molecule has 0 fully saturated rings. The number of carbonyl (C=O) groups is 2. The Morgan fingerprint density at radius 2 is 1.80 bits per heavy atom. The first-order valence-electron chi connectivity index (χ1n) is 7.64. The van der Waals surface area contributed by atoms with Crippen LogP contribution in [0.2, 0.25) is 0 Å². The molecule has 3 rings (SSSR count). The highest BCUT2D eigenvalue weighted by Crippen LogP contribution is 2.27. The number of nitrogens with zero attached hydrogens (tertiary/aromatic N) is 1. The molecule has 25 heavy (non-hydrogen) atoms. The van der Waals surface area contributed by atoms with Crippen LogP contribution in [0.1, 0.15) is 27.0 Å². The molecule has 0 aliphatic carbocycles. The van der Waals surface area contributed by atoms with Gasteiger partial charge in [-0.1, -0.05) is 12.1 Å². The largest absolute Gasteiger partial charge is 0.326 e. The number of aromatic nitrogens is 1. The summed E-state index contributed by atoms with van der Waals surface area (Å²) in [6.07, 6.45) is 0. The Morgan fingerprint density at radius 3 is 2.40 bits per heavy atom. The van der Waals surface area contributed by atoms with Gasteiger partial charge in [0.25, 0.3) is 5.91 Å². The highest BCUT2D eigenvalue weighted by Gasteiger charge is 2.14. The molecular formula is C18H17N3O2S2.